The van der Waals surface area contributed by atoms with Crippen LogP contribution < -0.4 is 10.0 Å². The third-order valence-electron chi connectivity index (χ3n) is 3.30. The normalized spacial score (nSPS) is 16.8. The number of hydrogen-bond donors (Lipinski definition) is 2. The number of nitrogens with one attached hydrogen (secondary N) is 2. The highest BCUT2D eigenvalue weighted by molar-refractivity contribution is 7.89. The minimum absolute atomic E-state index is 0.0426. The van der Waals surface area contributed by atoms with Crippen LogP contribution in [-0.2, 0) is 16.4 Å². The molecule has 1 aliphatic heterocycles. The lowest BCUT2D eigenvalue weighted by atomic mass is 10.0. The van der Waals surface area contributed by atoms with Gasteiger partial charge in [0.15, 0.2) is 0 Å². The average Bonchev–Trinajstić information content (AvgIpc) is 2.37. The second kappa shape index (κ2) is 5.28. The van der Waals surface area contributed by atoms with Gasteiger partial charge in [0.05, 0.1) is 4.90 Å². The Morgan fingerprint density at radius 2 is 2.22 bits per heavy atom. The summed E-state index contributed by atoms with van der Waals surface area (Å²) < 4.78 is 27.0. The van der Waals surface area contributed by atoms with E-state index in [1.54, 1.807) is 12.1 Å². The molecule has 0 spiro atoms. The SMILES string of the molecule is CCC(C)NS(=O)(=O)c1ccc2c(c1)NCCC2. The second-order valence-corrected chi connectivity index (χ2v) is 6.49. The Bertz CT molecular complexity index is 526. The van der Waals surface area contributed by atoms with Gasteiger partial charge >= 0.3 is 0 Å². The van der Waals surface area contributed by atoms with Gasteiger partial charge in [-0.05, 0) is 43.9 Å². The van der Waals surface area contributed by atoms with E-state index in [1.807, 2.05) is 19.9 Å². The monoisotopic (exact) mass is 268 g/mol. The summed E-state index contributed by atoms with van der Waals surface area (Å²) in [6.07, 6.45) is 2.90. The van der Waals surface area contributed by atoms with Gasteiger partial charge in [0, 0.05) is 18.3 Å². The van der Waals surface area contributed by atoms with Crippen molar-refractivity contribution >= 4 is 15.7 Å². The number of rotatable bonds is 4. The first-order valence-corrected chi connectivity index (χ1v) is 7.90. The van der Waals surface area contributed by atoms with Crippen molar-refractivity contribution in [3.8, 4) is 0 Å². The third kappa shape index (κ3) is 2.84. The fourth-order valence-corrected chi connectivity index (χ4v) is 3.38. The summed E-state index contributed by atoms with van der Waals surface area (Å²) in [6.45, 7) is 4.74. The molecular weight excluding hydrogens is 248 g/mol. The molecule has 0 saturated carbocycles. The van der Waals surface area contributed by atoms with Crippen LogP contribution in [0.3, 0.4) is 0 Å². The molecule has 2 rings (SSSR count). The van der Waals surface area contributed by atoms with Gasteiger partial charge in [-0.1, -0.05) is 13.0 Å². The highest BCUT2D eigenvalue weighted by atomic mass is 32.2. The van der Waals surface area contributed by atoms with Gasteiger partial charge in [0.25, 0.3) is 0 Å². The molecule has 0 aromatic heterocycles. The van der Waals surface area contributed by atoms with E-state index in [9.17, 15) is 8.42 Å². The van der Waals surface area contributed by atoms with Crippen LogP contribution in [0.25, 0.3) is 0 Å². The van der Waals surface area contributed by atoms with Gasteiger partial charge < -0.3 is 5.32 Å². The van der Waals surface area contributed by atoms with E-state index in [2.05, 4.69) is 10.0 Å². The quantitative estimate of drug-likeness (QED) is 0.879. The molecule has 0 aliphatic carbocycles. The molecule has 18 heavy (non-hydrogen) atoms. The number of anilines is 1. The molecule has 1 aliphatic rings. The molecular formula is C13H20N2O2S. The zero-order chi connectivity index (χ0) is 13.2. The van der Waals surface area contributed by atoms with Crippen LogP contribution in [0.5, 0.6) is 0 Å². The summed E-state index contributed by atoms with van der Waals surface area (Å²) in [5.74, 6) is 0. The number of sulfonamides is 1. The first kappa shape index (κ1) is 13.4. The molecule has 0 fully saturated rings. The van der Waals surface area contributed by atoms with Gasteiger partial charge in [-0.25, -0.2) is 13.1 Å². The van der Waals surface area contributed by atoms with Crippen LogP contribution >= 0.6 is 0 Å². The zero-order valence-electron chi connectivity index (χ0n) is 10.9. The standard InChI is InChI=1S/C13H20N2O2S/c1-3-10(2)15-18(16,17)12-7-6-11-5-4-8-14-13(11)9-12/h6-7,9-10,14-15H,3-5,8H2,1-2H3. The molecule has 1 atom stereocenters. The Kier molecular flexibility index (Phi) is 3.92. The Morgan fingerprint density at radius 1 is 1.44 bits per heavy atom. The predicted octanol–water partition coefficient (Wildman–Crippen LogP) is 2.12. The van der Waals surface area contributed by atoms with Crippen molar-refractivity contribution in [1.82, 2.24) is 4.72 Å². The van der Waals surface area contributed by atoms with E-state index in [1.165, 1.54) is 5.56 Å². The largest absolute Gasteiger partial charge is 0.385 e. The summed E-state index contributed by atoms with van der Waals surface area (Å²) in [5, 5.41) is 3.25. The molecule has 2 N–H and O–H groups in total. The molecule has 1 aromatic carbocycles. The lowest BCUT2D eigenvalue weighted by Gasteiger charge is -2.19. The maximum Gasteiger partial charge on any atom is 0.240 e. The summed E-state index contributed by atoms with van der Waals surface area (Å²) in [7, 11) is -3.40. The van der Waals surface area contributed by atoms with Crippen LogP contribution in [0, 0.1) is 0 Å². The topological polar surface area (TPSA) is 58.2 Å². The molecule has 0 saturated heterocycles. The van der Waals surface area contributed by atoms with Crippen LogP contribution in [0.2, 0.25) is 0 Å². The van der Waals surface area contributed by atoms with Gasteiger partial charge in [-0.3, -0.25) is 0 Å². The predicted molar refractivity (Wildman–Crippen MR) is 73.3 cm³/mol. The van der Waals surface area contributed by atoms with Gasteiger partial charge in [0.1, 0.15) is 0 Å². The maximum atomic E-state index is 12.1. The average molecular weight is 268 g/mol. The zero-order valence-corrected chi connectivity index (χ0v) is 11.7. The van der Waals surface area contributed by atoms with E-state index in [4.69, 9.17) is 0 Å². The smallest absolute Gasteiger partial charge is 0.240 e. The van der Waals surface area contributed by atoms with E-state index < -0.39 is 10.0 Å². The van der Waals surface area contributed by atoms with E-state index in [0.717, 1.165) is 31.5 Å². The Balaban J connectivity index is 2.28. The van der Waals surface area contributed by atoms with E-state index in [0.29, 0.717) is 4.90 Å². The van der Waals surface area contributed by atoms with Crippen molar-refractivity contribution in [2.75, 3.05) is 11.9 Å². The fraction of sp³-hybridized carbons (Fsp3) is 0.538. The van der Waals surface area contributed by atoms with Crippen LogP contribution in [0.15, 0.2) is 23.1 Å². The summed E-state index contributed by atoms with van der Waals surface area (Å²) >= 11 is 0. The molecule has 0 radical (unpaired) electrons. The summed E-state index contributed by atoms with van der Waals surface area (Å²) in [5.41, 5.74) is 2.15. The van der Waals surface area contributed by atoms with Crippen molar-refractivity contribution in [3.05, 3.63) is 23.8 Å². The molecule has 4 nitrogen and oxygen atoms in total. The Hall–Kier alpha value is -1.07. The Labute approximate surface area is 109 Å². The highest BCUT2D eigenvalue weighted by Crippen LogP contribution is 2.25. The minimum atomic E-state index is -3.40. The third-order valence-corrected chi connectivity index (χ3v) is 4.89. The molecule has 0 amide bonds. The fourth-order valence-electron chi connectivity index (χ4n) is 2.02. The minimum Gasteiger partial charge on any atom is -0.385 e. The maximum absolute atomic E-state index is 12.1. The lowest BCUT2D eigenvalue weighted by molar-refractivity contribution is 0.556. The van der Waals surface area contributed by atoms with E-state index in [-0.39, 0.29) is 6.04 Å². The van der Waals surface area contributed by atoms with Crippen molar-refractivity contribution in [1.29, 1.82) is 0 Å². The summed E-state index contributed by atoms with van der Waals surface area (Å²) in [6, 6.07) is 5.29. The molecule has 1 heterocycles. The number of benzene rings is 1. The van der Waals surface area contributed by atoms with Gasteiger partial charge in [-0.15, -0.1) is 0 Å². The van der Waals surface area contributed by atoms with Crippen LogP contribution in [0.4, 0.5) is 5.69 Å². The molecule has 100 valence electrons. The highest BCUT2D eigenvalue weighted by Gasteiger charge is 2.18. The second-order valence-electron chi connectivity index (χ2n) is 4.78. The Morgan fingerprint density at radius 3 is 2.94 bits per heavy atom. The number of hydrogen-bond acceptors (Lipinski definition) is 3. The molecule has 5 heteroatoms. The van der Waals surface area contributed by atoms with Gasteiger partial charge in [-0.2, -0.15) is 0 Å². The van der Waals surface area contributed by atoms with Crippen molar-refractivity contribution in [2.45, 2.75) is 44.0 Å². The van der Waals surface area contributed by atoms with Crippen LogP contribution in [-0.4, -0.2) is 21.0 Å². The molecule has 1 aromatic rings. The summed E-state index contributed by atoms with van der Waals surface area (Å²) in [4.78, 5) is 0.343. The first-order chi connectivity index (χ1) is 8.53. The lowest BCUT2D eigenvalue weighted by Crippen LogP contribution is -2.32. The first-order valence-electron chi connectivity index (χ1n) is 6.42. The number of aryl methyl sites for hydroxylation is 1. The number of fused-ring (bicyclic) bond motifs is 1. The van der Waals surface area contributed by atoms with Crippen molar-refractivity contribution in [3.63, 3.8) is 0 Å². The molecule has 1 unspecified atom stereocenters. The van der Waals surface area contributed by atoms with E-state index >= 15 is 0 Å². The van der Waals surface area contributed by atoms with Crippen molar-refractivity contribution in [2.24, 2.45) is 0 Å². The van der Waals surface area contributed by atoms with Crippen molar-refractivity contribution < 1.29 is 8.42 Å². The van der Waals surface area contributed by atoms with Crippen LogP contribution in [0.1, 0.15) is 32.3 Å². The molecule has 0 bridgehead atoms. The van der Waals surface area contributed by atoms with Gasteiger partial charge in [0.2, 0.25) is 10.0 Å².